The first-order valence-electron chi connectivity index (χ1n) is 8.34. The van der Waals surface area contributed by atoms with Crippen LogP contribution in [-0.4, -0.2) is 30.1 Å². The monoisotopic (exact) mass is 266 g/mol. The number of hydrogen-bond donors (Lipinski definition) is 1. The van der Waals surface area contributed by atoms with Crippen LogP contribution in [0.15, 0.2) is 0 Å². The average Bonchev–Trinajstić information content (AvgIpc) is 2.39. The zero-order valence-electron chi connectivity index (χ0n) is 13.5. The van der Waals surface area contributed by atoms with E-state index in [1.54, 1.807) is 0 Å². The highest BCUT2D eigenvalue weighted by Gasteiger charge is 2.44. The van der Waals surface area contributed by atoms with Gasteiger partial charge in [-0.05, 0) is 56.9 Å². The van der Waals surface area contributed by atoms with Crippen LogP contribution in [0.5, 0.6) is 0 Å². The fourth-order valence-electron chi connectivity index (χ4n) is 4.50. The maximum absolute atomic E-state index is 6.25. The van der Waals surface area contributed by atoms with Gasteiger partial charge in [-0.1, -0.05) is 33.6 Å². The third-order valence-corrected chi connectivity index (χ3v) is 6.33. The van der Waals surface area contributed by atoms with E-state index >= 15 is 0 Å². The number of nitrogens with zero attached hydrogens (tertiary/aromatic N) is 1. The Kier molecular flexibility index (Phi) is 4.62. The number of nitrogens with two attached hydrogens (primary N) is 1. The first-order valence-corrected chi connectivity index (χ1v) is 8.34. The molecular weight excluding hydrogens is 232 g/mol. The largest absolute Gasteiger partial charge is 0.329 e. The number of hydrogen-bond acceptors (Lipinski definition) is 2. The molecule has 0 aromatic heterocycles. The molecule has 0 bridgehead atoms. The maximum atomic E-state index is 6.25. The molecular formula is C17H34N2. The predicted octanol–water partition coefficient (Wildman–Crippen LogP) is 3.79. The topological polar surface area (TPSA) is 29.3 Å². The summed E-state index contributed by atoms with van der Waals surface area (Å²) in [4.78, 5) is 2.70. The summed E-state index contributed by atoms with van der Waals surface area (Å²) in [7, 11) is 2.36. The normalized spacial score (nSPS) is 36.6. The molecule has 2 nitrogen and oxygen atoms in total. The van der Waals surface area contributed by atoms with Gasteiger partial charge in [-0.2, -0.15) is 0 Å². The van der Waals surface area contributed by atoms with Crippen molar-refractivity contribution in [3.05, 3.63) is 0 Å². The molecule has 0 aromatic carbocycles. The highest BCUT2D eigenvalue weighted by atomic mass is 15.2. The molecule has 0 radical (unpaired) electrons. The summed E-state index contributed by atoms with van der Waals surface area (Å²) in [5, 5.41) is 0. The zero-order chi connectivity index (χ0) is 14.1. The Labute approximate surface area is 120 Å². The van der Waals surface area contributed by atoms with E-state index in [1.165, 1.54) is 51.4 Å². The minimum absolute atomic E-state index is 0.282. The highest BCUT2D eigenvalue weighted by molar-refractivity contribution is 5.00. The van der Waals surface area contributed by atoms with Crippen LogP contribution in [0.3, 0.4) is 0 Å². The smallest absolute Gasteiger partial charge is 0.0357 e. The Bertz CT molecular complexity index is 290. The van der Waals surface area contributed by atoms with E-state index in [0.717, 1.165) is 18.5 Å². The van der Waals surface area contributed by atoms with Gasteiger partial charge in [0.25, 0.3) is 0 Å². The lowest BCUT2D eigenvalue weighted by Crippen LogP contribution is -2.61. The molecule has 112 valence electrons. The van der Waals surface area contributed by atoms with Gasteiger partial charge in [0, 0.05) is 18.1 Å². The van der Waals surface area contributed by atoms with Crippen molar-refractivity contribution in [2.24, 2.45) is 17.1 Å². The van der Waals surface area contributed by atoms with Gasteiger partial charge in [-0.25, -0.2) is 0 Å². The Morgan fingerprint density at radius 3 is 2.21 bits per heavy atom. The van der Waals surface area contributed by atoms with Crippen LogP contribution in [0.1, 0.15) is 72.1 Å². The van der Waals surface area contributed by atoms with E-state index in [1.807, 2.05) is 0 Å². The second kappa shape index (κ2) is 5.73. The molecule has 2 rings (SSSR count). The van der Waals surface area contributed by atoms with Crippen LogP contribution in [0.4, 0.5) is 0 Å². The molecule has 0 amide bonds. The van der Waals surface area contributed by atoms with E-state index in [0.29, 0.717) is 5.41 Å². The summed E-state index contributed by atoms with van der Waals surface area (Å²) in [5.41, 5.74) is 7.09. The minimum atomic E-state index is 0.282. The van der Waals surface area contributed by atoms with Gasteiger partial charge < -0.3 is 5.73 Å². The summed E-state index contributed by atoms with van der Waals surface area (Å²) < 4.78 is 0. The molecule has 0 saturated heterocycles. The third kappa shape index (κ3) is 3.00. The summed E-state index contributed by atoms with van der Waals surface area (Å²) in [6, 6.07) is 0.761. The van der Waals surface area contributed by atoms with Crippen molar-refractivity contribution < 1.29 is 0 Å². The third-order valence-electron chi connectivity index (χ3n) is 6.33. The standard InChI is InChI=1S/C17H34N2/c1-14-7-5-6-10-17(14,13-18)19(4)15-8-11-16(2,3)12-9-15/h14-15H,5-13,18H2,1-4H3. The molecule has 2 N–H and O–H groups in total. The fraction of sp³-hybridized carbons (Fsp3) is 1.00. The van der Waals surface area contributed by atoms with Crippen LogP contribution >= 0.6 is 0 Å². The summed E-state index contributed by atoms with van der Waals surface area (Å²) >= 11 is 0. The number of rotatable bonds is 3. The van der Waals surface area contributed by atoms with Gasteiger partial charge in [-0.15, -0.1) is 0 Å². The van der Waals surface area contributed by atoms with E-state index in [4.69, 9.17) is 5.73 Å². The van der Waals surface area contributed by atoms with Crippen molar-refractivity contribution in [1.82, 2.24) is 4.90 Å². The van der Waals surface area contributed by atoms with Crippen LogP contribution in [-0.2, 0) is 0 Å². The van der Waals surface area contributed by atoms with E-state index in [9.17, 15) is 0 Å². The molecule has 2 fully saturated rings. The van der Waals surface area contributed by atoms with Crippen molar-refractivity contribution in [2.75, 3.05) is 13.6 Å². The second-order valence-electron chi connectivity index (χ2n) is 7.96. The van der Waals surface area contributed by atoms with E-state index in [-0.39, 0.29) is 5.54 Å². The zero-order valence-corrected chi connectivity index (χ0v) is 13.5. The molecule has 2 saturated carbocycles. The van der Waals surface area contributed by atoms with Crippen molar-refractivity contribution in [2.45, 2.75) is 83.7 Å². The first kappa shape index (κ1) is 15.3. The quantitative estimate of drug-likeness (QED) is 0.842. The molecule has 2 aliphatic rings. The van der Waals surface area contributed by atoms with Gasteiger partial charge >= 0.3 is 0 Å². The first-order chi connectivity index (χ1) is 8.91. The van der Waals surface area contributed by atoms with Crippen molar-refractivity contribution in [3.8, 4) is 0 Å². The maximum Gasteiger partial charge on any atom is 0.0357 e. The lowest BCUT2D eigenvalue weighted by atomic mass is 9.69. The molecule has 19 heavy (non-hydrogen) atoms. The predicted molar refractivity (Wildman–Crippen MR) is 83.2 cm³/mol. The molecule has 0 aromatic rings. The Hall–Kier alpha value is -0.0800. The van der Waals surface area contributed by atoms with Gasteiger partial charge in [-0.3, -0.25) is 4.90 Å². The van der Waals surface area contributed by atoms with E-state index < -0.39 is 0 Å². The molecule has 0 heterocycles. The van der Waals surface area contributed by atoms with Crippen molar-refractivity contribution in [1.29, 1.82) is 0 Å². The van der Waals surface area contributed by atoms with Crippen LogP contribution in [0.25, 0.3) is 0 Å². The van der Waals surface area contributed by atoms with Crippen LogP contribution in [0.2, 0.25) is 0 Å². The van der Waals surface area contributed by atoms with Crippen molar-refractivity contribution in [3.63, 3.8) is 0 Å². The summed E-state index contributed by atoms with van der Waals surface area (Å²) in [5.74, 6) is 0.756. The lowest BCUT2D eigenvalue weighted by molar-refractivity contribution is -0.0189. The Morgan fingerprint density at radius 1 is 1.05 bits per heavy atom. The fourth-order valence-corrected chi connectivity index (χ4v) is 4.50. The molecule has 0 aliphatic heterocycles. The van der Waals surface area contributed by atoms with Gasteiger partial charge in [0.2, 0.25) is 0 Å². The van der Waals surface area contributed by atoms with Gasteiger partial charge in [0.15, 0.2) is 0 Å². The molecule has 2 unspecified atom stereocenters. The molecule has 2 heteroatoms. The molecule has 2 atom stereocenters. The molecule has 0 spiro atoms. The highest BCUT2D eigenvalue weighted by Crippen LogP contribution is 2.43. The minimum Gasteiger partial charge on any atom is -0.329 e. The summed E-state index contributed by atoms with van der Waals surface area (Å²) in [6.45, 7) is 8.11. The second-order valence-corrected chi connectivity index (χ2v) is 7.96. The molecule has 2 aliphatic carbocycles. The SMILES string of the molecule is CC1CCCCC1(CN)N(C)C1CCC(C)(C)CC1. The Morgan fingerprint density at radius 2 is 1.68 bits per heavy atom. The van der Waals surface area contributed by atoms with Crippen molar-refractivity contribution >= 4 is 0 Å². The van der Waals surface area contributed by atoms with Crippen LogP contribution < -0.4 is 5.73 Å². The van der Waals surface area contributed by atoms with Gasteiger partial charge in [0.05, 0.1) is 0 Å². The lowest BCUT2D eigenvalue weighted by Gasteiger charge is -2.53. The Balaban J connectivity index is 2.06. The average molecular weight is 266 g/mol. The number of likely N-dealkylation sites (N-methyl/N-ethyl adjacent to an activating group) is 1. The van der Waals surface area contributed by atoms with Crippen LogP contribution in [0, 0.1) is 11.3 Å². The van der Waals surface area contributed by atoms with E-state index in [2.05, 4.69) is 32.7 Å². The summed E-state index contributed by atoms with van der Waals surface area (Å²) in [6.07, 6.45) is 10.9. The van der Waals surface area contributed by atoms with Gasteiger partial charge in [0.1, 0.15) is 0 Å².